The van der Waals surface area contributed by atoms with Crippen molar-refractivity contribution in [2.24, 2.45) is 5.92 Å². The molecule has 0 spiro atoms. The third-order valence-electron chi connectivity index (χ3n) is 5.52. The largest absolute Gasteiger partial charge is 0.479 e. The first-order valence-corrected chi connectivity index (χ1v) is 9.37. The minimum atomic E-state index is -1.00. The van der Waals surface area contributed by atoms with Crippen LogP contribution in [0.4, 0.5) is 5.82 Å². The Morgan fingerprint density at radius 2 is 2.00 bits per heavy atom. The first-order valence-electron chi connectivity index (χ1n) is 9.37. The Morgan fingerprint density at radius 3 is 2.74 bits per heavy atom. The highest BCUT2D eigenvalue weighted by Gasteiger charge is 2.36. The molecule has 1 fully saturated rings. The molecule has 2 aromatic rings. The molecule has 27 heavy (non-hydrogen) atoms. The molecule has 6 heteroatoms. The van der Waals surface area contributed by atoms with E-state index in [-0.39, 0.29) is 5.91 Å². The van der Waals surface area contributed by atoms with Crippen molar-refractivity contribution >= 4 is 17.7 Å². The molecule has 0 aliphatic carbocycles. The lowest BCUT2D eigenvalue weighted by Gasteiger charge is -2.35. The molecule has 2 aliphatic heterocycles. The number of carboxylic acids is 1. The van der Waals surface area contributed by atoms with Crippen molar-refractivity contribution in [2.45, 2.75) is 25.8 Å². The van der Waals surface area contributed by atoms with Crippen molar-refractivity contribution in [3.8, 4) is 0 Å². The number of amides is 1. The number of aliphatic carboxylic acids is 1. The Kier molecular flexibility index (Phi) is 4.56. The van der Waals surface area contributed by atoms with E-state index in [0.29, 0.717) is 30.0 Å². The van der Waals surface area contributed by atoms with Crippen molar-refractivity contribution < 1.29 is 14.7 Å². The van der Waals surface area contributed by atoms with Crippen LogP contribution in [0.25, 0.3) is 0 Å². The summed E-state index contributed by atoms with van der Waals surface area (Å²) in [4.78, 5) is 33.2. The fourth-order valence-corrected chi connectivity index (χ4v) is 4.08. The van der Waals surface area contributed by atoms with Crippen LogP contribution >= 0.6 is 0 Å². The van der Waals surface area contributed by atoms with E-state index in [9.17, 15) is 14.7 Å². The first kappa shape index (κ1) is 17.5. The van der Waals surface area contributed by atoms with E-state index in [1.807, 2.05) is 18.2 Å². The first-order chi connectivity index (χ1) is 13.0. The molecule has 2 aliphatic rings. The highest BCUT2D eigenvalue weighted by atomic mass is 16.4. The zero-order chi connectivity index (χ0) is 19.0. The number of anilines is 1. The number of aromatic nitrogens is 1. The van der Waals surface area contributed by atoms with Crippen LogP contribution in [0.1, 0.15) is 40.9 Å². The summed E-state index contributed by atoms with van der Waals surface area (Å²) in [6, 6.07) is 9.97. The average Bonchev–Trinajstić information content (AvgIpc) is 3.13. The van der Waals surface area contributed by atoms with Gasteiger partial charge in [0.25, 0.3) is 5.91 Å². The molecule has 0 saturated carbocycles. The van der Waals surface area contributed by atoms with E-state index in [2.05, 4.69) is 16.8 Å². The van der Waals surface area contributed by atoms with Crippen molar-refractivity contribution in [1.29, 1.82) is 0 Å². The predicted molar refractivity (Wildman–Crippen MR) is 102 cm³/mol. The lowest BCUT2D eigenvalue weighted by atomic mass is 9.92. The molecule has 2 atom stereocenters. The van der Waals surface area contributed by atoms with Gasteiger partial charge in [0.2, 0.25) is 0 Å². The number of pyridine rings is 1. The predicted octanol–water partition coefficient (Wildman–Crippen LogP) is 2.75. The molecular formula is C21H23N3O3. The van der Waals surface area contributed by atoms with Crippen LogP contribution in [-0.4, -0.2) is 46.5 Å². The van der Waals surface area contributed by atoms with Crippen molar-refractivity contribution in [3.05, 3.63) is 59.3 Å². The van der Waals surface area contributed by atoms with Gasteiger partial charge in [0.05, 0.1) is 0 Å². The smallest absolute Gasteiger partial charge is 0.331 e. The summed E-state index contributed by atoms with van der Waals surface area (Å²) in [5.41, 5.74) is 2.19. The Morgan fingerprint density at radius 1 is 1.19 bits per heavy atom. The molecule has 0 bridgehead atoms. The van der Waals surface area contributed by atoms with E-state index >= 15 is 0 Å². The van der Waals surface area contributed by atoms with Crippen LogP contribution in [0.3, 0.4) is 0 Å². The Balaban J connectivity index is 1.63. The van der Waals surface area contributed by atoms with Crippen LogP contribution in [-0.2, 0) is 11.2 Å². The van der Waals surface area contributed by atoms with Crippen LogP contribution in [0.2, 0.25) is 0 Å². The fraction of sp³-hybridized carbons (Fsp3) is 0.381. The molecule has 3 heterocycles. The number of nitrogens with zero attached hydrogens (tertiary/aromatic N) is 3. The van der Waals surface area contributed by atoms with Gasteiger partial charge in [-0.1, -0.05) is 31.2 Å². The summed E-state index contributed by atoms with van der Waals surface area (Å²) in [5, 5.41) is 9.79. The number of hydrogen-bond acceptors (Lipinski definition) is 4. The minimum Gasteiger partial charge on any atom is -0.479 e. The van der Waals surface area contributed by atoms with E-state index in [4.69, 9.17) is 0 Å². The summed E-state index contributed by atoms with van der Waals surface area (Å²) in [6.45, 7) is 4.46. The van der Waals surface area contributed by atoms with Gasteiger partial charge >= 0.3 is 5.97 Å². The maximum absolute atomic E-state index is 13.2. The number of carbonyl (C=O) groups excluding carboxylic acids is 1. The minimum absolute atomic E-state index is 0.257. The fourth-order valence-electron chi connectivity index (χ4n) is 4.08. The van der Waals surface area contributed by atoms with Gasteiger partial charge < -0.3 is 14.9 Å². The second-order valence-corrected chi connectivity index (χ2v) is 7.43. The van der Waals surface area contributed by atoms with Gasteiger partial charge in [-0.15, -0.1) is 0 Å². The van der Waals surface area contributed by atoms with E-state index in [0.717, 1.165) is 30.9 Å². The van der Waals surface area contributed by atoms with E-state index in [1.54, 1.807) is 24.4 Å². The van der Waals surface area contributed by atoms with Gasteiger partial charge in [0.15, 0.2) is 6.04 Å². The van der Waals surface area contributed by atoms with Crippen molar-refractivity contribution in [2.75, 3.05) is 24.5 Å². The van der Waals surface area contributed by atoms with Crippen molar-refractivity contribution in [3.63, 3.8) is 0 Å². The summed E-state index contributed by atoms with van der Waals surface area (Å²) in [7, 11) is 0. The second kappa shape index (κ2) is 7.02. The average molecular weight is 365 g/mol. The maximum Gasteiger partial charge on any atom is 0.331 e. The highest BCUT2D eigenvalue weighted by molar-refractivity contribution is 5.97. The highest BCUT2D eigenvalue weighted by Crippen LogP contribution is 2.31. The molecule has 6 nitrogen and oxygen atoms in total. The monoisotopic (exact) mass is 365 g/mol. The Bertz CT molecular complexity index is 882. The SMILES string of the molecule is CC1CCN(c2cc(C(=O)N3CCc4ccccc4C3C(=O)O)ccn2)C1. The number of hydrogen-bond donors (Lipinski definition) is 1. The number of carbonyl (C=O) groups is 2. The summed E-state index contributed by atoms with van der Waals surface area (Å²) in [6.07, 6.45) is 3.41. The van der Waals surface area contributed by atoms with Gasteiger partial charge in [-0.2, -0.15) is 0 Å². The number of benzene rings is 1. The third-order valence-corrected chi connectivity index (χ3v) is 5.52. The van der Waals surface area contributed by atoms with Gasteiger partial charge in [0, 0.05) is 31.4 Å². The molecule has 1 saturated heterocycles. The summed E-state index contributed by atoms with van der Waals surface area (Å²) in [5.74, 6) is 0.140. The van der Waals surface area contributed by atoms with Gasteiger partial charge in [-0.3, -0.25) is 4.79 Å². The standard InChI is InChI=1S/C21H23N3O3/c1-14-7-10-23(13-14)18-12-16(6-9-22-18)20(25)24-11-8-15-4-2-3-5-17(15)19(24)21(26)27/h2-6,9,12,14,19H,7-8,10-11,13H2,1H3,(H,26,27). The third kappa shape index (κ3) is 3.27. The second-order valence-electron chi connectivity index (χ2n) is 7.43. The molecular weight excluding hydrogens is 342 g/mol. The Labute approximate surface area is 158 Å². The Hall–Kier alpha value is -2.89. The molecule has 0 radical (unpaired) electrons. The van der Waals surface area contributed by atoms with Crippen LogP contribution < -0.4 is 4.90 Å². The van der Waals surface area contributed by atoms with Gasteiger partial charge in [-0.25, -0.2) is 9.78 Å². The summed E-state index contributed by atoms with van der Waals surface area (Å²) >= 11 is 0. The van der Waals surface area contributed by atoms with Gasteiger partial charge in [0.1, 0.15) is 5.82 Å². The molecule has 4 rings (SSSR count). The van der Waals surface area contributed by atoms with Crippen molar-refractivity contribution in [1.82, 2.24) is 9.88 Å². The van der Waals surface area contributed by atoms with E-state index < -0.39 is 12.0 Å². The molecule has 1 aromatic heterocycles. The molecule has 140 valence electrons. The lowest BCUT2D eigenvalue weighted by molar-refractivity contribution is -0.143. The molecule has 1 N–H and O–H groups in total. The molecule has 1 aromatic carbocycles. The summed E-state index contributed by atoms with van der Waals surface area (Å²) < 4.78 is 0. The van der Waals surface area contributed by atoms with Gasteiger partial charge in [-0.05, 0) is 42.0 Å². The zero-order valence-electron chi connectivity index (χ0n) is 15.3. The van der Waals surface area contributed by atoms with Crippen LogP contribution in [0.15, 0.2) is 42.6 Å². The maximum atomic E-state index is 13.2. The number of rotatable bonds is 3. The van der Waals surface area contributed by atoms with Crippen LogP contribution in [0, 0.1) is 5.92 Å². The quantitative estimate of drug-likeness (QED) is 0.905. The zero-order valence-corrected chi connectivity index (χ0v) is 15.3. The number of carboxylic acid groups (broad SMARTS) is 1. The van der Waals surface area contributed by atoms with E-state index in [1.165, 1.54) is 4.90 Å². The molecule has 1 amide bonds. The molecule has 2 unspecified atom stereocenters. The number of fused-ring (bicyclic) bond motifs is 1. The topological polar surface area (TPSA) is 73.7 Å². The normalized spacial score (nSPS) is 21.8. The lowest BCUT2D eigenvalue weighted by Crippen LogP contribution is -2.43. The van der Waals surface area contributed by atoms with Crippen LogP contribution in [0.5, 0.6) is 0 Å².